The molecule has 0 unspecified atom stereocenters. The summed E-state index contributed by atoms with van der Waals surface area (Å²) in [5, 5.41) is 7.63. The van der Waals surface area contributed by atoms with Crippen LogP contribution in [0.1, 0.15) is 5.56 Å². The summed E-state index contributed by atoms with van der Waals surface area (Å²) >= 11 is 7.94. The van der Waals surface area contributed by atoms with Crippen LogP contribution in [0.5, 0.6) is 0 Å². The number of hydrogen-bond donors (Lipinski definition) is 1. The molecule has 5 rings (SSSR count). The highest BCUT2D eigenvalue weighted by Crippen LogP contribution is 2.27. The summed E-state index contributed by atoms with van der Waals surface area (Å²) in [6.07, 6.45) is 0. The summed E-state index contributed by atoms with van der Waals surface area (Å²) in [5.41, 5.74) is 6.73. The maximum Gasteiger partial charge on any atom is 0.204 e. The average molecular weight is 418 g/mol. The zero-order chi connectivity index (χ0) is 19.8. The Bertz CT molecular complexity index is 1370. The van der Waals surface area contributed by atoms with Crippen LogP contribution in [0.4, 0.5) is 5.13 Å². The summed E-state index contributed by atoms with van der Waals surface area (Å²) < 4.78 is 7.28. The van der Waals surface area contributed by atoms with E-state index in [4.69, 9.17) is 16.0 Å². The second kappa shape index (κ2) is 7.35. The average Bonchev–Trinajstić information content (AvgIpc) is 3.16. The summed E-state index contributed by atoms with van der Waals surface area (Å²) in [7, 11) is 0. The zero-order valence-electron chi connectivity index (χ0n) is 15.5. The van der Waals surface area contributed by atoms with Crippen molar-refractivity contribution in [1.29, 1.82) is 0 Å². The molecule has 0 atom stereocenters. The summed E-state index contributed by atoms with van der Waals surface area (Å²) in [6.45, 7) is 1.96. The number of para-hydroxylation sites is 1. The van der Waals surface area contributed by atoms with Crippen molar-refractivity contribution in [3.05, 3.63) is 88.7 Å². The number of thiazole rings is 1. The molecule has 2 heterocycles. The fourth-order valence-corrected chi connectivity index (χ4v) is 4.13. The zero-order valence-corrected chi connectivity index (χ0v) is 17.1. The van der Waals surface area contributed by atoms with E-state index in [1.54, 1.807) is 11.3 Å². The monoisotopic (exact) mass is 417 g/mol. The van der Waals surface area contributed by atoms with Gasteiger partial charge < -0.3 is 4.42 Å². The lowest BCUT2D eigenvalue weighted by Gasteiger charge is -2.07. The molecule has 4 nitrogen and oxygen atoms in total. The lowest BCUT2D eigenvalue weighted by Crippen LogP contribution is -2.07. The highest BCUT2D eigenvalue weighted by Gasteiger charge is 2.09. The van der Waals surface area contributed by atoms with E-state index in [0.717, 1.165) is 48.6 Å². The van der Waals surface area contributed by atoms with E-state index in [0.29, 0.717) is 5.02 Å². The van der Waals surface area contributed by atoms with Gasteiger partial charge in [0.1, 0.15) is 11.3 Å². The first kappa shape index (κ1) is 17.9. The Morgan fingerprint density at radius 1 is 1.00 bits per heavy atom. The van der Waals surface area contributed by atoms with Gasteiger partial charge in [0.25, 0.3) is 0 Å². The van der Waals surface area contributed by atoms with E-state index in [2.05, 4.69) is 15.5 Å². The maximum absolute atomic E-state index is 6.37. The Morgan fingerprint density at radius 3 is 2.62 bits per heavy atom. The van der Waals surface area contributed by atoms with Gasteiger partial charge in [-0.05, 0) is 36.8 Å². The molecular weight excluding hydrogens is 402 g/mol. The number of anilines is 1. The lowest BCUT2D eigenvalue weighted by molar-refractivity contribution is 0.618. The van der Waals surface area contributed by atoms with Crippen molar-refractivity contribution in [2.24, 2.45) is 5.10 Å². The van der Waals surface area contributed by atoms with Gasteiger partial charge in [-0.25, -0.2) is 4.98 Å². The van der Waals surface area contributed by atoms with Crippen molar-refractivity contribution in [3.8, 4) is 11.3 Å². The molecule has 0 aliphatic heterocycles. The van der Waals surface area contributed by atoms with Gasteiger partial charge in [-0.15, -0.1) is 0 Å². The molecule has 3 aromatic carbocycles. The number of hydrogen-bond acceptors (Lipinski definition) is 5. The second-order valence-corrected chi connectivity index (χ2v) is 8.11. The van der Waals surface area contributed by atoms with Gasteiger partial charge in [0.15, 0.2) is 0 Å². The van der Waals surface area contributed by atoms with Crippen LogP contribution in [-0.4, -0.2) is 4.98 Å². The molecule has 0 saturated carbocycles. The van der Waals surface area contributed by atoms with Crippen molar-refractivity contribution < 1.29 is 4.42 Å². The van der Waals surface area contributed by atoms with Crippen LogP contribution in [0, 0.1) is 6.92 Å². The van der Waals surface area contributed by atoms with Gasteiger partial charge in [-0.1, -0.05) is 65.4 Å². The molecule has 29 heavy (non-hydrogen) atoms. The number of fused-ring (bicyclic) bond motifs is 2. The topological polar surface area (TPSA) is 50.4 Å². The Labute approximate surface area is 176 Å². The van der Waals surface area contributed by atoms with E-state index >= 15 is 0 Å². The number of aryl methyl sites for hydroxylation is 1. The van der Waals surface area contributed by atoms with Gasteiger partial charge >= 0.3 is 0 Å². The summed E-state index contributed by atoms with van der Waals surface area (Å²) in [5.74, 6) is 0.740. The quantitative estimate of drug-likeness (QED) is 0.336. The fourth-order valence-electron chi connectivity index (χ4n) is 3.15. The molecular formula is C23H16ClN3OS. The van der Waals surface area contributed by atoms with Crippen molar-refractivity contribution in [2.75, 3.05) is 5.43 Å². The predicted molar refractivity (Wildman–Crippen MR) is 120 cm³/mol. The largest absolute Gasteiger partial charge is 0.456 e. The first-order chi connectivity index (χ1) is 14.2. The minimum atomic E-state index is 0.677. The standard InChI is InChI=1S/C23H16ClN3OS/c1-14-11-21-16(12-17(14)24)19(13-20(28-21)15-7-3-2-4-8-15)26-27-23-25-18-9-5-6-10-22(18)29-23/h2-13H,1H3,(H,25,27). The fraction of sp³-hybridized carbons (Fsp3) is 0.0435. The van der Waals surface area contributed by atoms with Gasteiger partial charge in [-0.2, -0.15) is 5.10 Å². The molecule has 142 valence electrons. The Kier molecular flexibility index (Phi) is 4.54. The number of aromatic nitrogens is 1. The lowest BCUT2D eigenvalue weighted by atomic mass is 10.1. The number of halogens is 1. The molecule has 0 spiro atoms. The molecule has 2 aromatic heterocycles. The molecule has 5 aromatic rings. The summed E-state index contributed by atoms with van der Waals surface area (Å²) in [6, 6.07) is 23.8. The van der Waals surface area contributed by atoms with Crippen molar-refractivity contribution >= 4 is 49.3 Å². The van der Waals surface area contributed by atoms with Gasteiger partial charge in [-0.3, -0.25) is 5.43 Å². The van der Waals surface area contributed by atoms with Crippen LogP contribution in [-0.2, 0) is 0 Å². The molecule has 1 N–H and O–H groups in total. The van der Waals surface area contributed by atoms with E-state index in [1.165, 1.54) is 0 Å². The molecule has 0 saturated heterocycles. The van der Waals surface area contributed by atoms with Crippen molar-refractivity contribution in [3.63, 3.8) is 0 Å². The molecule has 0 aliphatic carbocycles. The number of rotatable bonds is 3. The number of benzene rings is 3. The van der Waals surface area contributed by atoms with Crippen LogP contribution in [0.3, 0.4) is 0 Å². The Balaban J connectivity index is 1.67. The molecule has 0 aliphatic rings. The summed E-state index contributed by atoms with van der Waals surface area (Å²) in [4.78, 5) is 4.58. The van der Waals surface area contributed by atoms with Crippen LogP contribution < -0.4 is 10.8 Å². The second-order valence-electron chi connectivity index (χ2n) is 6.67. The number of nitrogens with zero attached hydrogens (tertiary/aromatic N) is 2. The first-order valence-electron chi connectivity index (χ1n) is 9.12. The Hall–Kier alpha value is -3.15. The smallest absolute Gasteiger partial charge is 0.204 e. The van der Waals surface area contributed by atoms with E-state index in [1.807, 2.05) is 79.7 Å². The normalized spacial score (nSPS) is 12.0. The van der Waals surface area contributed by atoms with E-state index in [-0.39, 0.29) is 0 Å². The van der Waals surface area contributed by atoms with E-state index < -0.39 is 0 Å². The van der Waals surface area contributed by atoms with Crippen molar-refractivity contribution in [1.82, 2.24) is 4.98 Å². The minimum absolute atomic E-state index is 0.677. The predicted octanol–water partition coefficient (Wildman–Crippen LogP) is 6.60. The highest BCUT2D eigenvalue weighted by atomic mass is 35.5. The van der Waals surface area contributed by atoms with Crippen LogP contribution in [0.15, 0.2) is 82.3 Å². The molecule has 0 fully saturated rings. The van der Waals surface area contributed by atoms with Crippen LogP contribution >= 0.6 is 22.9 Å². The molecule has 0 amide bonds. The molecule has 6 heteroatoms. The molecule has 0 bridgehead atoms. The number of nitrogens with one attached hydrogen (secondary N) is 1. The van der Waals surface area contributed by atoms with E-state index in [9.17, 15) is 0 Å². The third kappa shape index (κ3) is 3.50. The van der Waals surface area contributed by atoms with Gasteiger partial charge in [0.2, 0.25) is 5.13 Å². The molecule has 0 radical (unpaired) electrons. The van der Waals surface area contributed by atoms with Gasteiger partial charge in [0.05, 0.1) is 15.6 Å². The highest BCUT2D eigenvalue weighted by molar-refractivity contribution is 7.22. The first-order valence-corrected chi connectivity index (χ1v) is 10.3. The third-order valence-corrected chi connectivity index (χ3v) is 6.00. The minimum Gasteiger partial charge on any atom is -0.456 e. The van der Waals surface area contributed by atoms with Crippen LogP contribution in [0.2, 0.25) is 5.02 Å². The third-order valence-electron chi connectivity index (χ3n) is 4.65. The maximum atomic E-state index is 6.37. The Morgan fingerprint density at radius 2 is 1.79 bits per heavy atom. The van der Waals surface area contributed by atoms with Gasteiger partial charge in [0, 0.05) is 22.0 Å². The van der Waals surface area contributed by atoms with Crippen LogP contribution in [0.25, 0.3) is 32.5 Å². The van der Waals surface area contributed by atoms with Crippen molar-refractivity contribution in [2.45, 2.75) is 6.92 Å². The SMILES string of the molecule is Cc1cc2oc(-c3ccccc3)cc(=NNc3nc4ccccc4s3)c2cc1Cl.